The van der Waals surface area contributed by atoms with E-state index in [0.29, 0.717) is 39.0 Å². The molecule has 0 spiro atoms. The fraction of sp³-hybridized carbons (Fsp3) is 0.769. The molecule has 1 saturated heterocycles. The minimum absolute atomic E-state index is 0.0192. The molecule has 3 N–H and O–H groups in total. The predicted octanol–water partition coefficient (Wildman–Crippen LogP) is 0.230. The Morgan fingerprint density at radius 2 is 1.60 bits per heavy atom. The normalized spacial score (nSPS) is 17.2. The molecule has 1 heterocycles. The van der Waals surface area contributed by atoms with Crippen LogP contribution >= 0.6 is 0 Å². The van der Waals surface area contributed by atoms with Crippen LogP contribution in [-0.4, -0.2) is 58.8 Å². The van der Waals surface area contributed by atoms with Crippen LogP contribution in [0.25, 0.3) is 0 Å². The first-order valence-corrected chi connectivity index (χ1v) is 6.95. The zero-order valence-electron chi connectivity index (χ0n) is 12.4. The molecule has 0 saturated carbocycles. The van der Waals surface area contributed by atoms with E-state index in [9.17, 15) is 9.59 Å². The van der Waals surface area contributed by atoms with Crippen LogP contribution in [-0.2, 0) is 9.59 Å². The monoisotopic (exact) mass is 284 g/mol. The summed E-state index contributed by atoms with van der Waals surface area (Å²) in [6.45, 7) is 7.26. The molecule has 1 fully saturated rings. The molecule has 7 heteroatoms. The van der Waals surface area contributed by atoms with Crippen LogP contribution in [0.15, 0.2) is 5.16 Å². The molecule has 0 bridgehead atoms. The van der Waals surface area contributed by atoms with Crippen molar-refractivity contribution in [2.75, 3.05) is 26.2 Å². The maximum Gasteiger partial charge on any atom is 0.236 e. The van der Waals surface area contributed by atoms with E-state index in [1.54, 1.807) is 9.80 Å². The van der Waals surface area contributed by atoms with Crippen molar-refractivity contribution in [3.63, 3.8) is 0 Å². The van der Waals surface area contributed by atoms with E-state index in [0.717, 1.165) is 0 Å². The summed E-state index contributed by atoms with van der Waals surface area (Å²) in [6, 6.07) is 0. The quantitative estimate of drug-likeness (QED) is 0.334. The summed E-state index contributed by atoms with van der Waals surface area (Å²) < 4.78 is 0. The van der Waals surface area contributed by atoms with Crippen molar-refractivity contribution >= 4 is 17.6 Å². The summed E-state index contributed by atoms with van der Waals surface area (Å²) in [5.74, 6) is -0.145. The maximum absolute atomic E-state index is 12.7. The lowest BCUT2D eigenvalue weighted by Gasteiger charge is -2.39. The molecule has 0 unspecified atom stereocenters. The van der Waals surface area contributed by atoms with Gasteiger partial charge in [-0.15, -0.1) is 0 Å². The van der Waals surface area contributed by atoms with Crippen molar-refractivity contribution < 1.29 is 14.8 Å². The molecule has 1 rings (SSSR count). The van der Waals surface area contributed by atoms with Gasteiger partial charge in [0.1, 0.15) is 5.41 Å². The SMILES string of the molecule is CCC(CC)(C(=O)N1CCN(C(C)=O)CC1)C(N)=NO. The first-order valence-electron chi connectivity index (χ1n) is 6.95. The highest BCUT2D eigenvalue weighted by molar-refractivity contribution is 6.06. The molecule has 7 nitrogen and oxygen atoms in total. The summed E-state index contributed by atoms with van der Waals surface area (Å²) in [5, 5.41) is 12.0. The number of piperazine rings is 1. The Bertz CT molecular complexity index is 396. The van der Waals surface area contributed by atoms with E-state index < -0.39 is 5.41 Å². The molecule has 0 aromatic rings. The third kappa shape index (κ3) is 2.86. The van der Waals surface area contributed by atoms with Crippen molar-refractivity contribution in [1.82, 2.24) is 9.80 Å². The third-order valence-electron chi connectivity index (χ3n) is 4.23. The van der Waals surface area contributed by atoms with Crippen LogP contribution in [0, 0.1) is 5.41 Å². The van der Waals surface area contributed by atoms with Crippen LogP contribution in [0.2, 0.25) is 0 Å². The Morgan fingerprint density at radius 3 is 1.95 bits per heavy atom. The fourth-order valence-electron chi connectivity index (χ4n) is 2.65. The Kier molecular flexibility index (Phi) is 5.35. The second-order valence-electron chi connectivity index (χ2n) is 5.07. The van der Waals surface area contributed by atoms with Gasteiger partial charge in [-0.05, 0) is 12.8 Å². The van der Waals surface area contributed by atoms with Gasteiger partial charge in [0, 0.05) is 33.1 Å². The molecule has 114 valence electrons. The molecule has 0 aliphatic carbocycles. The molecule has 0 aromatic carbocycles. The van der Waals surface area contributed by atoms with Gasteiger partial charge in [-0.2, -0.15) is 0 Å². The predicted molar refractivity (Wildman–Crippen MR) is 75.3 cm³/mol. The van der Waals surface area contributed by atoms with Gasteiger partial charge in [-0.25, -0.2) is 0 Å². The zero-order chi connectivity index (χ0) is 15.3. The maximum atomic E-state index is 12.7. The molecule has 0 radical (unpaired) electrons. The van der Waals surface area contributed by atoms with E-state index >= 15 is 0 Å². The highest BCUT2D eigenvalue weighted by Gasteiger charge is 2.43. The average molecular weight is 284 g/mol. The Labute approximate surface area is 119 Å². The van der Waals surface area contributed by atoms with Gasteiger partial charge < -0.3 is 20.7 Å². The van der Waals surface area contributed by atoms with Gasteiger partial charge in [-0.1, -0.05) is 19.0 Å². The largest absolute Gasteiger partial charge is 0.409 e. The van der Waals surface area contributed by atoms with Gasteiger partial charge in [0.05, 0.1) is 0 Å². The summed E-state index contributed by atoms with van der Waals surface area (Å²) in [4.78, 5) is 27.4. The van der Waals surface area contributed by atoms with Crippen LogP contribution in [0.5, 0.6) is 0 Å². The van der Waals surface area contributed by atoms with Crippen LogP contribution < -0.4 is 5.73 Å². The number of carbonyl (C=O) groups excluding carboxylic acids is 2. The number of hydrogen-bond acceptors (Lipinski definition) is 4. The first kappa shape index (κ1) is 16.3. The lowest BCUT2D eigenvalue weighted by molar-refractivity contribution is -0.143. The number of rotatable bonds is 4. The van der Waals surface area contributed by atoms with Crippen molar-refractivity contribution in [2.45, 2.75) is 33.6 Å². The number of amides is 2. The molecule has 0 atom stereocenters. The number of carbonyl (C=O) groups is 2. The molecule has 1 aliphatic heterocycles. The lowest BCUT2D eigenvalue weighted by Crippen LogP contribution is -2.57. The smallest absolute Gasteiger partial charge is 0.236 e. The van der Waals surface area contributed by atoms with E-state index in [-0.39, 0.29) is 17.6 Å². The van der Waals surface area contributed by atoms with Crippen LogP contribution in [0.4, 0.5) is 0 Å². The molecule has 20 heavy (non-hydrogen) atoms. The van der Waals surface area contributed by atoms with E-state index in [1.807, 2.05) is 13.8 Å². The highest BCUT2D eigenvalue weighted by Crippen LogP contribution is 2.30. The fourth-order valence-corrected chi connectivity index (χ4v) is 2.65. The molecular weight excluding hydrogens is 260 g/mol. The minimum Gasteiger partial charge on any atom is -0.409 e. The van der Waals surface area contributed by atoms with E-state index in [2.05, 4.69) is 5.16 Å². The van der Waals surface area contributed by atoms with Gasteiger partial charge in [0.15, 0.2) is 5.84 Å². The molecule has 2 amide bonds. The van der Waals surface area contributed by atoms with Gasteiger partial charge in [0.25, 0.3) is 0 Å². The third-order valence-corrected chi connectivity index (χ3v) is 4.23. The van der Waals surface area contributed by atoms with Crippen LogP contribution in [0.3, 0.4) is 0 Å². The molecule has 1 aliphatic rings. The number of nitrogens with zero attached hydrogens (tertiary/aromatic N) is 3. The Balaban J connectivity index is 2.86. The number of oxime groups is 1. The highest BCUT2D eigenvalue weighted by atomic mass is 16.4. The topological polar surface area (TPSA) is 99.2 Å². The van der Waals surface area contributed by atoms with Gasteiger partial charge in [-0.3, -0.25) is 9.59 Å². The Hall–Kier alpha value is -1.79. The molecular formula is C13H24N4O3. The first-order chi connectivity index (χ1) is 9.42. The standard InChI is InChI=1S/C13H24N4O3/c1-4-13(5-2,11(14)15-20)12(19)17-8-6-16(7-9-17)10(3)18/h20H,4-9H2,1-3H3,(H2,14,15). The van der Waals surface area contributed by atoms with Crippen molar-refractivity contribution in [3.8, 4) is 0 Å². The second kappa shape index (κ2) is 6.58. The Morgan fingerprint density at radius 1 is 1.15 bits per heavy atom. The van der Waals surface area contributed by atoms with Crippen molar-refractivity contribution in [3.05, 3.63) is 0 Å². The minimum atomic E-state index is -0.951. The number of amidine groups is 1. The van der Waals surface area contributed by atoms with Crippen LogP contribution in [0.1, 0.15) is 33.6 Å². The van der Waals surface area contributed by atoms with E-state index in [1.165, 1.54) is 6.92 Å². The van der Waals surface area contributed by atoms with E-state index in [4.69, 9.17) is 10.9 Å². The lowest BCUT2D eigenvalue weighted by atomic mass is 9.79. The number of nitrogens with two attached hydrogens (primary N) is 1. The average Bonchev–Trinajstić information content (AvgIpc) is 2.48. The zero-order valence-corrected chi connectivity index (χ0v) is 12.4. The van der Waals surface area contributed by atoms with Crippen molar-refractivity contribution in [2.24, 2.45) is 16.3 Å². The van der Waals surface area contributed by atoms with Gasteiger partial charge >= 0.3 is 0 Å². The number of hydrogen-bond donors (Lipinski definition) is 2. The van der Waals surface area contributed by atoms with Gasteiger partial charge in [0.2, 0.25) is 11.8 Å². The van der Waals surface area contributed by atoms with Crippen molar-refractivity contribution in [1.29, 1.82) is 0 Å². The summed E-state index contributed by atoms with van der Waals surface area (Å²) in [5.41, 5.74) is 4.79. The summed E-state index contributed by atoms with van der Waals surface area (Å²) >= 11 is 0. The summed E-state index contributed by atoms with van der Waals surface area (Å²) in [6.07, 6.45) is 0.955. The molecule has 0 aromatic heterocycles. The summed E-state index contributed by atoms with van der Waals surface area (Å²) in [7, 11) is 0. The second-order valence-corrected chi connectivity index (χ2v) is 5.07.